The molecule has 1 atom stereocenters. The lowest BCUT2D eigenvalue weighted by molar-refractivity contribution is 0.140. The fourth-order valence-corrected chi connectivity index (χ4v) is 1.85. The number of rotatable bonds is 3. The van der Waals surface area contributed by atoms with Crippen LogP contribution in [0.25, 0.3) is 0 Å². The Morgan fingerprint density at radius 2 is 2.41 bits per heavy atom. The van der Waals surface area contributed by atoms with Gasteiger partial charge < -0.3 is 20.2 Å². The van der Waals surface area contributed by atoms with Crippen molar-refractivity contribution in [2.24, 2.45) is 4.99 Å². The van der Waals surface area contributed by atoms with Crippen molar-refractivity contribution in [2.45, 2.75) is 18.9 Å². The fourth-order valence-electron chi connectivity index (χ4n) is 1.72. The number of hydrogen-bond acceptors (Lipinski definition) is 2. The van der Waals surface area contributed by atoms with Crippen molar-refractivity contribution < 1.29 is 9.90 Å². The number of hydrogen-bond donors (Lipinski definition) is 2. The Morgan fingerprint density at radius 3 is 3.00 bits per heavy atom. The number of nitrogens with zero attached hydrogens (tertiary/aromatic N) is 3. The molecule has 0 spiro atoms. The Labute approximate surface area is 106 Å². The zero-order valence-electron chi connectivity index (χ0n) is 10.1. The van der Waals surface area contributed by atoms with E-state index in [9.17, 15) is 4.79 Å². The molecule has 7 heteroatoms. The van der Waals surface area contributed by atoms with Crippen LogP contribution in [0.2, 0.25) is 0 Å². The Kier molecular flexibility index (Phi) is 5.14. The SMILES string of the molecule is CN(C)C=NC(=S)NC[C@@H]1CCCN1C(=O)O. The molecule has 1 fully saturated rings. The molecule has 1 amide bonds. The van der Waals surface area contributed by atoms with Crippen molar-refractivity contribution in [3.05, 3.63) is 0 Å². The predicted octanol–water partition coefficient (Wildman–Crippen LogP) is 0.593. The highest BCUT2D eigenvalue weighted by Gasteiger charge is 2.28. The van der Waals surface area contributed by atoms with Crippen molar-refractivity contribution in [1.29, 1.82) is 0 Å². The van der Waals surface area contributed by atoms with Crippen LogP contribution in [-0.4, -0.2) is 65.7 Å². The van der Waals surface area contributed by atoms with Crippen molar-refractivity contribution in [3.8, 4) is 0 Å². The van der Waals surface area contributed by atoms with Gasteiger partial charge in [-0.15, -0.1) is 0 Å². The van der Waals surface area contributed by atoms with Crippen molar-refractivity contribution in [1.82, 2.24) is 15.1 Å². The van der Waals surface area contributed by atoms with E-state index in [1.807, 2.05) is 14.1 Å². The van der Waals surface area contributed by atoms with E-state index in [1.165, 1.54) is 4.90 Å². The average Bonchev–Trinajstić information content (AvgIpc) is 2.71. The van der Waals surface area contributed by atoms with E-state index < -0.39 is 6.09 Å². The lowest BCUT2D eigenvalue weighted by Gasteiger charge is -2.21. The molecule has 0 aromatic carbocycles. The summed E-state index contributed by atoms with van der Waals surface area (Å²) in [5, 5.41) is 12.3. The summed E-state index contributed by atoms with van der Waals surface area (Å²) in [4.78, 5) is 18.1. The van der Waals surface area contributed by atoms with Gasteiger partial charge in [-0.1, -0.05) is 0 Å². The Morgan fingerprint density at radius 1 is 1.71 bits per heavy atom. The maximum atomic E-state index is 10.9. The fraction of sp³-hybridized carbons (Fsp3) is 0.700. The third-order valence-electron chi connectivity index (χ3n) is 2.52. The van der Waals surface area contributed by atoms with E-state index in [-0.39, 0.29) is 6.04 Å². The van der Waals surface area contributed by atoms with Crippen molar-refractivity contribution in [3.63, 3.8) is 0 Å². The third kappa shape index (κ3) is 4.56. The van der Waals surface area contributed by atoms with E-state index >= 15 is 0 Å². The minimum Gasteiger partial charge on any atom is -0.465 e. The molecule has 17 heavy (non-hydrogen) atoms. The first kappa shape index (κ1) is 13.7. The first-order chi connectivity index (χ1) is 8.00. The molecule has 0 aromatic rings. The second kappa shape index (κ2) is 6.39. The molecule has 1 rings (SSSR count). The number of carboxylic acid groups (broad SMARTS) is 1. The third-order valence-corrected chi connectivity index (χ3v) is 2.77. The summed E-state index contributed by atoms with van der Waals surface area (Å²) in [7, 11) is 3.71. The second-order valence-corrected chi connectivity index (χ2v) is 4.55. The molecular weight excluding hydrogens is 240 g/mol. The minimum absolute atomic E-state index is 0.00000567. The molecule has 0 saturated carbocycles. The molecule has 2 N–H and O–H groups in total. The lowest BCUT2D eigenvalue weighted by atomic mass is 10.2. The van der Waals surface area contributed by atoms with E-state index in [4.69, 9.17) is 17.3 Å². The van der Waals surface area contributed by atoms with E-state index in [1.54, 1.807) is 11.2 Å². The number of thiocarbonyl (C=S) groups is 1. The van der Waals surface area contributed by atoms with Gasteiger partial charge in [0.2, 0.25) is 0 Å². The summed E-state index contributed by atoms with van der Waals surface area (Å²) >= 11 is 5.01. The van der Waals surface area contributed by atoms with Crippen LogP contribution in [0.3, 0.4) is 0 Å². The Hall–Kier alpha value is -1.37. The summed E-state index contributed by atoms with van der Waals surface area (Å²) in [6.45, 7) is 1.13. The van der Waals surface area contributed by atoms with Crippen LogP contribution >= 0.6 is 12.2 Å². The Balaban J connectivity index is 2.35. The molecule has 0 bridgehead atoms. The second-order valence-electron chi connectivity index (χ2n) is 4.17. The monoisotopic (exact) mass is 258 g/mol. The molecule has 6 nitrogen and oxygen atoms in total. The molecule has 1 saturated heterocycles. The number of aliphatic imine (C=N–C) groups is 1. The largest absolute Gasteiger partial charge is 0.465 e. The van der Waals surface area contributed by atoms with Crippen LogP contribution in [0.1, 0.15) is 12.8 Å². The quantitative estimate of drug-likeness (QED) is 0.440. The highest BCUT2D eigenvalue weighted by atomic mass is 32.1. The van der Waals surface area contributed by atoms with Crippen LogP contribution in [0.4, 0.5) is 4.79 Å². The molecule has 96 valence electrons. The first-order valence-corrected chi connectivity index (χ1v) is 5.89. The van der Waals surface area contributed by atoms with Gasteiger partial charge in [0.15, 0.2) is 5.11 Å². The standard InChI is InChI=1S/C10H18N4O2S/c1-13(2)7-12-9(17)11-6-8-4-3-5-14(8)10(15)16/h7-8H,3-6H2,1-2H3,(H,11,17)(H,15,16)/t8-/m0/s1. The predicted molar refractivity (Wildman–Crippen MR) is 70.5 cm³/mol. The molecule has 1 aliphatic heterocycles. The van der Waals surface area contributed by atoms with E-state index in [0.717, 1.165) is 12.8 Å². The molecule has 0 aromatic heterocycles. The van der Waals surface area contributed by atoms with Gasteiger partial charge in [-0.25, -0.2) is 9.79 Å². The van der Waals surface area contributed by atoms with Crippen LogP contribution in [0.5, 0.6) is 0 Å². The summed E-state index contributed by atoms with van der Waals surface area (Å²) < 4.78 is 0. The smallest absolute Gasteiger partial charge is 0.407 e. The molecular formula is C10H18N4O2S. The van der Waals surface area contributed by atoms with Crippen LogP contribution in [0.15, 0.2) is 4.99 Å². The van der Waals surface area contributed by atoms with E-state index in [0.29, 0.717) is 18.2 Å². The van der Waals surface area contributed by atoms with Gasteiger partial charge >= 0.3 is 6.09 Å². The molecule has 0 radical (unpaired) electrons. The molecule has 1 heterocycles. The van der Waals surface area contributed by atoms with Crippen molar-refractivity contribution in [2.75, 3.05) is 27.2 Å². The van der Waals surface area contributed by atoms with Crippen molar-refractivity contribution >= 4 is 29.8 Å². The summed E-state index contributed by atoms with van der Waals surface area (Å²) in [5.41, 5.74) is 0. The van der Waals surface area contributed by atoms with E-state index in [2.05, 4.69) is 10.3 Å². The van der Waals surface area contributed by atoms with Gasteiger partial charge in [0.05, 0.1) is 12.4 Å². The average molecular weight is 258 g/mol. The summed E-state index contributed by atoms with van der Waals surface area (Å²) in [6.07, 6.45) is 2.53. The highest BCUT2D eigenvalue weighted by Crippen LogP contribution is 2.16. The number of carbonyl (C=O) groups is 1. The molecule has 0 aliphatic carbocycles. The van der Waals surface area contributed by atoms with Crippen LogP contribution in [0, 0.1) is 0 Å². The van der Waals surface area contributed by atoms with Gasteiger partial charge in [-0.2, -0.15) is 0 Å². The number of likely N-dealkylation sites (tertiary alicyclic amines) is 1. The number of nitrogens with one attached hydrogen (secondary N) is 1. The number of amides is 1. The normalized spacial score (nSPS) is 19.6. The first-order valence-electron chi connectivity index (χ1n) is 5.48. The highest BCUT2D eigenvalue weighted by molar-refractivity contribution is 7.80. The summed E-state index contributed by atoms with van der Waals surface area (Å²) in [6, 6.07) is 0.00000567. The van der Waals surface area contributed by atoms with Gasteiger partial charge in [0.1, 0.15) is 0 Å². The Bertz CT molecular complexity index is 319. The zero-order chi connectivity index (χ0) is 12.8. The maximum Gasteiger partial charge on any atom is 0.407 e. The molecule has 0 unspecified atom stereocenters. The topological polar surface area (TPSA) is 68.2 Å². The maximum absolute atomic E-state index is 10.9. The van der Waals surface area contributed by atoms with Gasteiger partial charge in [-0.3, -0.25) is 0 Å². The van der Waals surface area contributed by atoms with Crippen LogP contribution < -0.4 is 5.32 Å². The van der Waals surface area contributed by atoms with Gasteiger partial charge in [-0.05, 0) is 25.1 Å². The summed E-state index contributed by atoms with van der Waals surface area (Å²) in [5.74, 6) is 0. The van der Waals surface area contributed by atoms with Crippen LogP contribution in [-0.2, 0) is 0 Å². The van der Waals surface area contributed by atoms with Gasteiger partial charge in [0, 0.05) is 27.2 Å². The molecule has 1 aliphatic rings. The lowest BCUT2D eigenvalue weighted by Crippen LogP contribution is -2.42. The minimum atomic E-state index is -0.864. The van der Waals surface area contributed by atoms with Gasteiger partial charge in [0.25, 0.3) is 0 Å². The zero-order valence-corrected chi connectivity index (χ0v) is 10.9.